The Morgan fingerprint density at radius 3 is 3.08 bits per heavy atom. The van der Waals surface area contributed by atoms with Crippen LogP contribution in [0.4, 0.5) is 0 Å². The quantitative estimate of drug-likeness (QED) is 0.665. The van der Waals surface area contributed by atoms with Crippen molar-refractivity contribution in [3.8, 4) is 0 Å². The summed E-state index contributed by atoms with van der Waals surface area (Å²) in [5.41, 5.74) is 0.666. The highest BCUT2D eigenvalue weighted by molar-refractivity contribution is 5.79. The van der Waals surface area contributed by atoms with Crippen LogP contribution in [0.25, 0.3) is 0 Å². The molecule has 0 aliphatic rings. The summed E-state index contributed by atoms with van der Waals surface area (Å²) in [5.74, 6) is -0.942. The van der Waals surface area contributed by atoms with Crippen molar-refractivity contribution in [2.45, 2.75) is 0 Å². The third-order valence-electron chi connectivity index (χ3n) is 1.14. The summed E-state index contributed by atoms with van der Waals surface area (Å²) >= 11 is 0. The molecule has 0 bridgehead atoms. The number of aromatic nitrogens is 1. The van der Waals surface area contributed by atoms with Crippen molar-refractivity contribution in [3.05, 3.63) is 30.1 Å². The maximum Gasteiger partial charge on any atom is 0.325 e. The summed E-state index contributed by atoms with van der Waals surface area (Å²) in [7, 11) is 0. The molecular formula is C8H8N2O2. The molecule has 0 saturated carbocycles. The number of carboxylic acids is 1. The third-order valence-corrected chi connectivity index (χ3v) is 1.14. The molecule has 1 N–H and O–H groups in total. The first kappa shape index (κ1) is 8.39. The second kappa shape index (κ2) is 4.23. The van der Waals surface area contributed by atoms with Gasteiger partial charge in [0.15, 0.2) is 0 Å². The number of aliphatic imine (C=N–C) groups is 1. The van der Waals surface area contributed by atoms with Gasteiger partial charge >= 0.3 is 5.97 Å². The highest BCUT2D eigenvalue weighted by Crippen LogP contribution is 1.87. The largest absolute Gasteiger partial charge is 0.480 e. The number of nitrogens with zero attached hydrogens (tertiary/aromatic N) is 2. The molecule has 0 amide bonds. The van der Waals surface area contributed by atoms with Gasteiger partial charge in [-0.2, -0.15) is 0 Å². The van der Waals surface area contributed by atoms with Gasteiger partial charge < -0.3 is 5.11 Å². The van der Waals surface area contributed by atoms with E-state index in [-0.39, 0.29) is 6.54 Å². The topological polar surface area (TPSA) is 62.5 Å². The molecule has 0 aliphatic carbocycles. The van der Waals surface area contributed by atoms with Crippen LogP contribution in [0.15, 0.2) is 29.4 Å². The molecule has 0 aliphatic heterocycles. The van der Waals surface area contributed by atoms with Gasteiger partial charge in [0, 0.05) is 12.4 Å². The number of carboxylic acid groups (broad SMARTS) is 1. The monoisotopic (exact) mass is 164 g/mol. The van der Waals surface area contributed by atoms with E-state index in [1.54, 1.807) is 18.3 Å². The van der Waals surface area contributed by atoms with Crippen LogP contribution in [-0.2, 0) is 4.79 Å². The van der Waals surface area contributed by atoms with Crippen LogP contribution in [0.1, 0.15) is 5.69 Å². The second-order valence-corrected chi connectivity index (χ2v) is 2.12. The van der Waals surface area contributed by atoms with E-state index in [9.17, 15) is 4.79 Å². The lowest BCUT2D eigenvalue weighted by molar-refractivity contribution is -0.135. The maximum absolute atomic E-state index is 10.1. The predicted molar refractivity (Wildman–Crippen MR) is 44.3 cm³/mol. The minimum Gasteiger partial charge on any atom is -0.480 e. The second-order valence-electron chi connectivity index (χ2n) is 2.12. The van der Waals surface area contributed by atoms with E-state index in [0.29, 0.717) is 5.69 Å². The van der Waals surface area contributed by atoms with E-state index >= 15 is 0 Å². The predicted octanol–water partition coefficient (Wildman–Crippen LogP) is 0.585. The van der Waals surface area contributed by atoms with Crippen molar-refractivity contribution in [1.29, 1.82) is 0 Å². The van der Waals surface area contributed by atoms with Crippen molar-refractivity contribution >= 4 is 12.2 Å². The third kappa shape index (κ3) is 2.92. The molecule has 4 heteroatoms. The zero-order valence-electron chi connectivity index (χ0n) is 6.34. The molecule has 1 aromatic heterocycles. The molecule has 1 heterocycles. The molecule has 62 valence electrons. The van der Waals surface area contributed by atoms with Crippen molar-refractivity contribution in [3.63, 3.8) is 0 Å². The Labute approximate surface area is 69.6 Å². The Hall–Kier alpha value is -1.71. The number of carbonyl (C=O) groups is 1. The lowest BCUT2D eigenvalue weighted by Crippen LogP contribution is -1.99. The smallest absolute Gasteiger partial charge is 0.325 e. The van der Waals surface area contributed by atoms with Crippen LogP contribution < -0.4 is 0 Å². The van der Waals surface area contributed by atoms with Crippen LogP contribution in [0.3, 0.4) is 0 Å². The van der Waals surface area contributed by atoms with E-state index < -0.39 is 5.97 Å². The van der Waals surface area contributed by atoms with Crippen LogP contribution in [0, 0.1) is 0 Å². The fourth-order valence-corrected chi connectivity index (χ4v) is 0.670. The Morgan fingerprint density at radius 1 is 1.67 bits per heavy atom. The number of hydrogen-bond acceptors (Lipinski definition) is 3. The molecular weight excluding hydrogens is 156 g/mol. The number of hydrogen-bond donors (Lipinski definition) is 1. The summed E-state index contributed by atoms with van der Waals surface area (Å²) in [6.45, 7) is -0.212. The average molecular weight is 164 g/mol. The summed E-state index contributed by atoms with van der Waals surface area (Å²) in [5, 5.41) is 8.26. The Bertz CT molecular complexity index is 282. The Kier molecular flexibility index (Phi) is 2.95. The Morgan fingerprint density at radius 2 is 2.50 bits per heavy atom. The van der Waals surface area contributed by atoms with Crippen LogP contribution in [0.2, 0.25) is 0 Å². The van der Waals surface area contributed by atoms with E-state index in [2.05, 4.69) is 9.98 Å². The first-order chi connectivity index (χ1) is 5.79. The lowest BCUT2D eigenvalue weighted by Gasteiger charge is -1.88. The van der Waals surface area contributed by atoms with Crippen molar-refractivity contribution < 1.29 is 9.90 Å². The molecule has 0 fully saturated rings. The van der Waals surface area contributed by atoms with Gasteiger partial charge in [0.2, 0.25) is 0 Å². The minimum absolute atomic E-state index is 0.212. The zero-order chi connectivity index (χ0) is 8.81. The number of aliphatic carboxylic acids is 1. The van der Waals surface area contributed by atoms with Crippen LogP contribution in [-0.4, -0.2) is 28.8 Å². The SMILES string of the molecule is O=C(O)C/N=C/c1ccccn1. The van der Waals surface area contributed by atoms with Crippen molar-refractivity contribution in [2.75, 3.05) is 6.54 Å². The summed E-state index contributed by atoms with van der Waals surface area (Å²) in [4.78, 5) is 17.6. The van der Waals surface area contributed by atoms with Gasteiger partial charge in [0.25, 0.3) is 0 Å². The molecule has 12 heavy (non-hydrogen) atoms. The molecule has 0 saturated heterocycles. The molecule has 0 spiro atoms. The number of rotatable bonds is 3. The minimum atomic E-state index is -0.942. The van der Waals surface area contributed by atoms with E-state index in [1.165, 1.54) is 6.21 Å². The highest BCUT2D eigenvalue weighted by Gasteiger charge is 1.90. The molecule has 0 atom stereocenters. The van der Waals surface area contributed by atoms with Gasteiger partial charge in [0.05, 0.1) is 5.69 Å². The summed E-state index contributed by atoms with van der Waals surface area (Å²) in [6.07, 6.45) is 3.07. The van der Waals surface area contributed by atoms with Gasteiger partial charge in [-0.05, 0) is 12.1 Å². The molecule has 0 unspecified atom stereocenters. The molecule has 1 rings (SSSR count). The fourth-order valence-electron chi connectivity index (χ4n) is 0.670. The summed E-state index contributed by atoms with van der Waals surface area (Å²) < 4.78 is 0. The Balaban J connectivity index is 2.52. The van der Waals surface area contributed by atoms with Crippen LogP contribution in [0.5, 0.6) is 0 Å². The number of pyridine rings is 1. The van der Waals surface area contributed by atoms with Crippen LogP contribution >= 0.6 is 0 Å². The van der Waals surface area contributed by atoms with Gasteiger partial charge in [-0.1, -0.05) is 6.07 Å². The van der Waals surface area contributed by atoms with E-state index in [1.807, 2.05) is 6.07 Å². The average Bonchev–Trinajstić information content (AvgIpc) is 2.05. The standard InChI is InChI=1S/C8H8N2O2/c11-8(12)6-9-5-7-3-1-2-4-10-7/h1-5H,6H2,(H,11,12)/b9-5+. The first-order valence-electron chi connectivity index (χ1n) is 3.41. The summed E-state index contributed by atoms with van der Waals surface area (Å²) in [6, 6.07) is 5.36. The van der Waals surface area contributed by atoms with Gasteiger partial charge in [0.1, 0.15) is 6.54 Å². The molecule has 1 aromatic rings. The van der Waals surface area contributed by atoms with Gasteiger partial charge in [-0.15, -0.1) is 0 Å². The van der Waals surface area contributed by atoms with Gasteiger partial charge in [-0.3, -0.25) is 14.8 Å². The zero-order valence-corrected chi connectivity index (χ0v) is 6.34. The normalized spacial score (nSPS) is 10.3. The van der Waals surface area contributed by atoms with E-state index in [4.69, 9.17) is 5.11 Å². The maximum atomic E-state index is 10.1. The molecule has 0 aromatic carbocycles. The lowest BCUT2D eigenvalue weighted by atomic mass is 10.4. The van der Waals surface area contributed by atoms with Crippen molar-refractivity contribution in [1.82, 2.24) is 4.98 Å². The molecule has 0 radical (unpaired) electrons. The molecule has 4 nitrogen and oxygen atoms in total. The fraction of sp³-hybridized carbons (Fsp3) is 0.125. The van der Waals surface area contributed by atoms with Crippen molar-refractivity contribution in [2.24, 2.45) is 4.99 Å². The first-order valence-corrected chi connectivity index (χ1v) is 3.41. The highest BCUT2D eigenvalue weighted by atomic mass is 16.4. The van der Waals surface area contributed by atoms with Gasteiger partial charge in [-0.25, -0.2) is 0 Å². The van der Waals surface area contributed by atoms with E-state index in [0.717, 1.165) is 0 Å².